The van der Waals surface area contributed by atoms with Crippen molar-refractivity contribution in [1.82, 2.24) is 0 Å². The third-order valence-electron chi connectivity index (χ3n) is 3.54. The molecule has 0 amide bonds. The van der Waals surface area contributed by atoms with E-state index in [0.29, 0.717) is 17.0 Å². The minimum absolute atomic E-state index is 0.142. The largest absolute Gasteiger partial charge is 0.459 e. The van der Waals surface area contributed by atoms with Crippen LogP contribution >= 0.6 is 11.6 Å². The van der Waals surface area contributed by atoms with Crippen LogP contribution in [0.4, 0.5) is 0 Å². The summed E-state index contributed by atoms with van der Waals surface area (Å²) in [7, 11) is 0. The van der Waals surface area contributed by atoms with Gasteiger partial charge in [-0.05, 0) is 25.5 Å². The quantitative estimate of drug-likeness (QED) is 0.630. The normalized spacial score (nSPS) is 25.2. The SMILES string of the molecule is CCC(=O)[C@@]1(c2ccccc2Cl)CC(C)(C)OC1=O. The molecule has 1 aliphatic rings. The third kappa shape index (κ3) is 2.16. The average Bonchev–Trinajstić information content (AvgIpc) is 2.59. The summed E-state index contributed by atoms with van der Waals surface area (Å²) < 4.78 is 5.38. The summed E-state index contributed by atoms with van der Waals surface area (Å²) in [6.07, 6.45) is 0.603. The molecular weight excluding hydrogens is 264 g/mol. The van der Waals surface area contributed by atoms with Gasteiger partial charge in [0.15, 0.2) is 11.2 Å². The highest BCUT2D eigenvalue weighted by Crippen LogP contribution is 2.46. The van der Waals surface area contributed by atoms with E-state index in [0.717, 1.165) is 0 Å². The number of rotatable bonds is 3. The van der Waals surface area contributed by atoms with Crippen LogP contribution in [-0.2, 0) is 19.7 Å². The number of hydrogen-bond acceptors (Lipinski definition) is 3. The number of esters is 1. The molecule has 0 spiro atoms. The van der Waals surface area contributed by atoms with Gasteiger partial charge in [-0.15, -0.1) is 0 Å². The number of carbonyl (C=O) groups excluding carboxylic acids is 2. The van der Waals surface area contributed by atoms with Crippen molar-refractivity contribution in [3.8, 4) is 0 Å². The number of ketones is 1. The number of cyclic esters (lactones) is 1. The van der Waals surface area contributed by atoms with E-state index >= 15 is 0 Å². The van der Waals surface area contributed by atoms with Crippen LogP contribution in [0, 0.1) is 0 Å². The van der Waals surface area contributed by atoms with E-state index in [-0.39, 0.29) is 12.2 Å². The Morgan fingerprint density at radius 2 is 2.00 bits per heavy atom. The second-order valence-corrected chi connectivity index (χ2v) is 5.90. The van der Waals surface area contributed by atoms with Gasteiger partial charge in [0.25, 0.3) is 0 Å². The van der Waals surface area contributed by atoms with Gasteiger partial charge in [0.05, 0.1) is 0 Å². The van der Waals surface area contributed by atoms with E-state index in [1.807, 2.05) is 13.8 Å². The van der Waals surface area contributed by atoms with Gasteiger partial charge in [-0.2, -0.15) is 0 Å². The molecular formula is C15H17ClO3. The first-order valence-corrected chi connectivity index (χ1v) is 6.73. The maximum absolute atomic E-state index is 12.4. The molecule has 102 valence electrons. The predicted octanol–water partition coefficient (Wildman–Crippen LogP) is 3.28. The molecule has 4 heteroatoms. The van der Waals surface area contributed by atoms with Gasteiger partial charge in [-0.1, -0.05) is 36.7 Å². The first-order chi connectivity index (χ1) is 8.83. The summed E-state index contributed by atoms with van der Waals surface area (Å²) in [5.41, 5.74) is -1.35. The summed E-state index contributed by atoms with van der Waals surface area (Å²) >= 11 is 6.19. The second-order valence-electron chi connectivity index (χ2n) is 5.49. The van der Waals surface area contributed by atoms with Crippen molar-refractivity contribution in [2.75, 3.05) is 0 Å². The number of hydrogen-bond donors (Lipinski definition) is 0. The zero-order chi connectivity index (χ0) is 14.3. The van der Waals surface area contributed by atoms with Gasteiger partial charge < -0.3 is 4.74 Å². The molecule has 0 aromatic heterocycles. The summed E-state index contributed by atoms with van der Waals surface area (Å²) in [5.74, 6) is -0.631. The summed E-state index contributed by atoms with van der Waals surface area (Å²) in [5, 5.41) is 0.430. The van der Waals surface area contributed by atoms with Gasteiger partial charge in [0.2, 0.25) is 0 Å². The molecule has 0 saturated carbocycles. The predicted molar refractivity (Wildman–Crippen MR) is 73.2 cm³/mol. The molecule has 1 aromatic carbocycles. The van der Waals surface area contributed by atoms with Crippen molar-refractivity contribution in [3.05, 3.63) is 34.9 Å². The molecule has 3 nitrogen and oxygen atoms in total. The minimum atomic E-state index is -1.25. The highest BCUT2D eigenvalue weighted by Gasteiger charge is 2.58. The number of ether oxygens (including phenoxy) is 1. The van der Waals surface area contributed by atoms with Crippen molar-refractivity contribution in [2.24, 2.45) is 0 Å². The topological polar surface area (TPSA) is 43.4 Å². The standard InChI is InChI=1S/C15H17ClO3/c1-4-12(17)15(9-14(2,3)19-13(15)18)10-7-5-6-8-11(10)16/h5-8H,4,9H2,1-3H3/t15-/m0/s1. The van der Waals surface area contributed by atoms with Crippen LogP contribution in [0.1, 0.15) is 39.2 Å². The molecule has 1 aromatic rings. The zero-order valence-corrected chi connectivity index (χ0v) is 12.1. The van der Waals surface area contributed by atoms with Crippen molar-refractivity contribution < 1.29 is 14.3 Å². The van der Waals surface area contributed by atoms with Crippen molar-refractivity contribution in [1.29, 1.82) is 0 Å². The smallest absolute Gasteiger partial charge is 0.324 e. The maximum Gasteiger partial charge on any atom is 0.324 e. The highest BCUT2D eigenvalue weighted by molar-refractivity contribution is 6.32. The second kappa shape index (κ2) is 4.64. The van der Waals surface area contributed by atoms with Crippen molar-refractivity contribution >= 4 is 23.4 Å². The van der Waals surface area contributed by atoms with Crippen LogP contribution in [0.3, 0.4) is 0 Å². The van der Waals surface area contributed by atoms with E-state index in [1.54, 1.807) is 31.2 Å². The molecule has 1 aliphatic heterocycles. The first kappa shape index (κ1) is 14.1. The monoisotopic (exact) mass is 280 g/mol. The lowest BCUT2D eigenvalue weighted by Gasteiger charge is -2.25. The van der Waals surface area contributed by atoms with Crippen LogP contribution in [0.5, 0.6) is 0 Å². The number of Topliss-reactive ketones (excluding diaryl/α,β-unsaturated/α-hetero) is 1. The minimum Gasteiger partial charge on any atom is -0.459 e. The Morgan fingerprint density at radius 3 is 2.47 bits per heavy atom. The lowest BCUT2D eigenvalue weighted by Crippen LogP contribution is -2.40. The van der Waals surface area contributed by atoms with Crippen LogP contribution in [0.25, 0.3) is 0 Å². The zero-order valence-electron chi connectivity index (χ0n) is 11.3. The van der Waals surface area contributed by atoms with Gasteiger partial charge in [-0.3, -0.25) is 9.59 Å². The van der Waals surface area contributed by atoms with Gasteiger partial charge in [-0.25, -0.2) is 0 Å². The molecule has 2 rings (SSSR count). The average molecular weight is 281 g/mol. The number of carbonyl (C=O) groups is 2. The van der Waals surface area contributed by atoms with Crippen LogP contribution in [0.2, 0.25) is 5.02 Å². The Morgan fingerprint density at radius 1 is 1.37 bits per heavy atom. The van der Waals surface area contributed by atoms with Crippen LogP contribution in [0.15, 0.2) is 24.3 Å². The summed E-state index contributed by atoms with van der Waals surface area (Å²) in [6.45, 7) is 5.37. The molecule has 19 heavy (non-hydrogen) atoms. The molecule has 1 saturated heterocycles. The Hall–Kier alpha value is -1.35. The van der Waals surface area contributed by atoms with Gasteiger partial charge in [0.1, 0.15) is 5.60 Å². The van der Waals surface area contributed by atoms with Crippen molar-refractivity contribution in [3.63, 3.8) is 0 Å². The molecule has 1 heterocycles. The lowest BCUT2D eigenvalue weighted by molar-refractivity contribution is -0.151. The van der Waals surface area contributed by atoms with Gasteiger partial charge in [0, 0.05) is 17.9 Å². The number of benzene rings is 1. The highest BCUT2D eigenvalue weighted by atomic mass is 35.5. The van der Waals surface area contributed by atoms with E-state index in [4.69, 9.17) is 16.3 Å². The lowest BCUT2D eigenvalue weighted by atomic mass is 9.71. The Bertz CT molecular complexity index is 536. The molecule has 0 unspecified atom stereocenters. The maximum atomic E-state index is 12.4. The Kier molecular flexibility index (Phi) is 3.43. The van der Waals surface area contributed by atoms with E-state index < -0.39 is 17.0 Å². The van der Waals surface area contributed by atoms with E-state index in [2.05, 4.69) is 0 Å². The fraction of sp³-hybridized carbons (Fsp3) is 0.467. The Labute approximate surface area is 117 Å². The molecule has 1 fully saturated rings. The van der Waals surface area contributed by atoms with E-state index in [1.165, 1.54) is 0 Å². The van der Waals surface area contributed by atoms with Crippen LogP contribution in [-0.4, -0.2) is 17.4 Å². The van der Waals surface area contributed by atoms with E-state index in [9.17, 15) is 9.59 Å². The number of halogens is 1. The molecule has 0 aliphatic carbocycles. The first-order valence-electron chi connectivity index (χ1n) is 6.35. The molecule has 1 atom stereocenters. The summed E-state index contributed by atoms with van der Waals surface area (Å²) in [6, 6.07) is 6.99. The Balaban J connectivity index is 2.64. The third-order valence-corrected chi connectivity index (χ3v) is 3.87. The fourth-order valence-electron chi connectivity index (χ4n) is 2.76. The molecule has 0 bridgehead atoms. The summed E-state index contributed by atoms with van der Waals surface area (Å²) in [4.78, 5) is 24.8. The van der Waals surface area contributed by atoms with Gasteiger partial charge >= 0.3 is 5.97 Å². The van der Waals surface area contributed by atoms with Crippen molar-refractivity contribution in [2.45, 2.75) is 44.6 Å². The molecule has 0 radical (unpaired) electrons. The fourth-order valence-corrected chi connectivity index (χ4v) is 3.06. The van der Waals surface area contributed by atoms with Crippen LogP contribution < -0.4 is 0 Å². The molecule has 0 N–H and O–H groups in total.